The molecule has 0 unspecified atom stereocenters. The van der Waals surface area contributed by atoms with Crippen molar-refractivity contribution in [2.24, 2.45) is 4.99 Å². The first-order chi connectivity index (χ1) is 13.7. The topological polar surface area (TPSA) is 67.1 Å². The number of benzene rings is 2. The second kappa shape index (κ2) is 9.98. The van der Waals surface area contributed by atoms with Gasteiger partial charge in [-0.15, -0.1) is 10.2 Å². The molecule has 146 valence electrons. The smallest absolute Gasteiger partial charge is 0.191 e. The molecule has 2 aromatic carbocycles. The van der Waals surface area contributed by atoms with E-state index in [4.69, 9.17) is 0 Å². The van der Waals surface area contributed by atoms with Gasteiger partial charge < -0.3 is 10.6 Å². The van der Waals surface area contributed by atoms with Crippen LogP contribution in [0, 0.1) is 5.82 Å². The third-order valence-electron chi connectivity index (χ3n) is 4.22. The largest absolute Gasteiger partial charge is 0.356 e. The number of hydrogen-bond acceptors (Lipinski definition) is 3. The zero-order valence-electron chi connectivity index (χ0n) is 15.6. The van der Waals surface area contributed by atoms with Crippen LogP contribution in [0.5, 0.6) is 0 Å². The van der Waals surface area contributed by atoms with Gasteiger partial charge in [-0.05, 0) is 42.7 Å². The highest BCUT2D eigenvalue weighted by Gasteiger charge is 2.07. The van der Waals surface area contributed by atoms with Crippen molar-refractivity contribution in [3.63, 3.8) is 0 Å². The first kappa shape index (κ1) is 20.0. The molecule has 0 spiro atoms. The number of nitrogens with zero attached hydrogens (tertiary/aromatic N) is 4. The second-order valence-electron chi connectivity index (χ2n) is 6.14. The molecule has 0 aliphatic carbocycles. The van der Waals surface area contributed by atoms with E-state index in [1.54, 1.807) is 13.4 Å². The maximum atomic E-state index is 13.9. The van der Waals surface area contributed by atoms with Crippen LogP contribution in [0.15, 0.2) is 64.3 Å². The Morgan fingerprint density at radius 2 is 2.00 bits per heavy atom. The summed E-state index contributed by atoms with van der Waals surface area (Å²) in [7, 11) is 1.71. The lowest BCUT2D eigenvalue weighted by molar-refractivity contribution is 0.601. The van der Waals surface area contributed by atoms with E-state index in [9.17, 15) is 4.39 Å². The van der Waals surface area contributed by atoms with E-state index in [2.05, 4.69) is 41.8 Å². The van der Waals surface area contributed by atoms with Crippen LogP contribution >= 0.6 is 15.9 Å². The van der Waals surface area contributed by atoms with Gasteiger partial charge >= 0.3 is 0 Å². The van der Waals surface area contributed by atoms with Gasteiger partial charge in [-0.3, -0.25) is 9.56 Å². The van der Waals surface area contributed by atoms with E-state index < -0.39 is 0 Å². The van der Waals surface area contributed by atoms with Gasteiger partial charge in [0.25, 0.3) is 0 Å². The lowest BCUT2D eigenvalue weighted by Gasteiger charge is -2.12. The van der Waals surface area contributed by atoms with Gasteiger partial charge in [0, 0.05) is 23.8 Å². The molecule has 0 saturated carbocycles. The molecule has 6 nitrogen and oxygen atoms in total. The lowest BCUT2D eigenvalue weighted by atomic mass is 10.1. The molecular weight excluding hydrogens is 423 g/mol. The maximum absolute atomic E-state index is 13.9. The van der Waals surface area contributed by atoms with Crippen LogP contribution in [0.1, 0.15) is 17.8 Å². The third kappa shape index (κ3) is 5.39. The van der Waals surface area contributed by atoms with Gasteiger partial charge in [0.05, 0.1) is 6.54 Å². The molecule has 3 rings (SSSR count). The van der Waals surface area contributed by atoms with Gasteiger partial charge in [0.15, 0.2) is 11.8 Å². The zero-order valence-corrected chi connectivity index (χ0v) is 17.2. The van der Waals surface area contributed by atoms with Crippen LogP contribution in [0.2, 0.25) is 0 Å². The first-order valence-electron chi connectivity index (χ1n) is 9.00. The van der Waals surface area contributed by atoms with Gasteiger partial charge in [-0.1, -0.05) is 40.2 Å². The summed E-state index contributed by atoms with van der Waals surface area (Å²) in [6, 6.07) is 15.1. The molecule has 0 atom stereocenters. The van der Waals surface area contributed by atoms with Crippen LogP contribution < -0.4 is 10.6 Å². The normalized spacial score (nSPS) is 11.5. The van der Waals surface area contributed by atoms with E-state index in [0.717, 1.165) is 22.4 Å². The third-order valence-corrected chi connectivity index (χ3v) is 4.71. The van der Waals surface area contributed by atoms with Crippen LogP contribution in [0.3, 0.4) is 0 Å². The van der Waals surface area contributed by atoms with Gasteiger partial charge in [0.1, 0.15) is 12.1 Å². The van der Waals surface area contributed by atoms with Crippen molar-refractivity contribution in [2.45, 2.75) is 19.4 Å². The van der Waals surface area contributed by atoms with E-state index in [-0.39, 0.29) is 5.82 Å². The van der Waals surface area contributed by atoms with Gasteiger partial charge in [-0.25, -0.2) is 4.39 Å². The molecule has 0 radical (unpaired) electrons. The number of para-hydroxylation sites is 1. The Morgan fingerprint density at radius 3 is 2.75 bits per heavy atom. The minimum Gasteiger partial charge on any atom is -0.356 e. The van der Waals surface area contributed by atoms with Crippen molar-refractivity contribution in [3.8, 4) is 5.69 Å². The van der Waals surface area contributed by atoms with Crippen molar-refractivity contribution in [2.75, 3.05) is 13.6 Å². The molecule has 8 heteroatoms. The fourth-order valence-electron chi connectivity index (χ4n) is 2.78. The van der Waals surface area contributed by atoms with E-state index in [1.807, 2.05) is 47.0 Å². The number of nitrogens with one attached hydrogen (secondary N) is 2. The standard InChI is InChI=1S/C20H22BrFN6/c1-23-20(24-11-5-6-15-9-10-16(21)12-18(15)22)25-13-19-27-26-14-28(19)17-7-3-2-4-8-17/h2-4,7-10,12,14H,5-6,11,13H2,1H3,(H2,23,24,25). The summed E-state index contributed by atoms with van der Waals surface area (Å²) in [6.45, 7) is 1.16. The zero-order chi connectivity index (χ0) is 19.8. The predicted molar refractivity (Wildman–Crippen MR) is 112 cm³/mol. The molecular formula is C20H22BrFN6. The molecule has 0 amide bonds. The first-order valence-corrected chi connectivity index (χ1v) is 9.79. The molecule has 0 aliphatic heterocycles. The van der Waals surface area contributed by atoms with E-state index in [1.165, 1.54) is 6.07 Å². The Morgan fingerprint density at radius 1 is 1.18 bits per heavy atom. The maximum Gasteiger partial charge on any atom is 0.191 e. The Kier molecular flexibility index (Phi) is 7.13. The van der Waals surface area contributed by atoms with E-state index in [0.29, 0.717) is 31.0 Å². The second-order valence-corrected chi connectivity index (χ2v) is 7.06. The quantitative estimate of drug-likeness (QED) is 0.332. The molecule has 0 saturated heterocycles. The monoisotopic (exact) mass is 444 g/mol. The molecule has 1 heterocycles. The number of aliphatic imine (C=N–C) groups is 1. The highest BCUT2D eigenvalue weighted by Crippen LogP contribution is 2.16. The Hall–Kier alpha value is -2.74. The summed E-state index contributed by atoms with van der Waals surface area (Å²) in [5.74, 6) is 1.27. The number of rotatable bonds is 7. The van der Waals surface area contributed by atoms with Crippen LogP contribution in [-0.2, 0) is 13.0 Å². The fourth-order valence-corrected chi connectivity index (χ4v) is 3.11. The van der Waals surface area contributed by atoms with Crippen molar-refractivity contribution in [1.29, 1.82) is 0 Å². The number of guanidine groups is 1. The Bertz CT molecular complexity index is 925. The number of hydrogen-bond donors (Lipinski definition) is 2. The summed E-state index contributed by atoms with van der Waals surface area (Å²) in [4.78, 5) is 4.22. The van der Waals surface area contributed by atoms with Crippen LogP contribution in [0.25, 0.3) is 5.69 Å². The summed E-state index contributed by atoms with van der Waals surface area (Å²) >= 11 is 3.27. The highest BCUT2D eigenvalue weighted by molar-refractivity contribution is 9.10. The molecule has 3 aromatic rings. The summed E-state index contributed by atoms with van der Waals surface area (Å²) in [5.41, 5.74) is 1.72. The minimum atomic E-state index is -0.183. The molecule has 0 aliphatic rings. The summed E-state index contributed by atoms with van der Waals surface area (Å²) < 4.78 is 16.5. The summed E-state index contributed by atoms with van der Waals surface area (Å²) in [5, 5.41) is 14.7. The number of aromatic nitrogens is 3. The Balaban J connectivity index is 1.47. The van der Waals surface area contributed by atoms with Crippen molar-refractivity contribution < 1.29 is 4.39 Å². The van der Waals surface area contributed by atoms with Crippen LogP contribution in [-0.4, -0.2) is 34.3 Å². The minimum absolute atomic E-state index is 0.183. The lowest BCUT2D eigenvalue weighted by Crippen LogP contribution is -2.38. The van der Waals surface area contributed by atoms with Crippen molar-refractivity contribution in [3.05, 3.63) is 76.5 Å². The van der Waals surface area contributed by atoms with Crippen molar-refractivity contribution in [1.82, 2.24) is 25.4 Å². The van der Waals surface area contributed by atoms with Crippen LogP contribution in [0.4, 0.5) is 4.39 Å². The molecule has 2 N–H and O–H groups in total. The SMILES string of the molecule is CN=C(NCCCc1ccc(Br)cc1F)NCc1nncn1-c1ccccc1. The van der Waals surface area contributed by atoms with Gasteiger partial charge in [-0.2, -0.15) is 0 Å². The molecule has 0 bridgehead atoms. The number of aryl methyl sites for hydroxylation is 1. The van der Waals surface area contributed by atoms with Gasteiger partial charge in [0.2, 0.25) is 0 Å². The average Bonchev–Trinajstić information content (AvgIpc) is 3.18. The Labute approximate surface area is 172 Å². The van der Waals surface area contributed by atoms with E-state index >= 15 is 0 Å². The molecule has 1 aromatic heterocycles. The average molecular weight is 445 g/mol. The fraction of sp³-hybridized carbons (Fsp3) is 0.250. The van der Waals surface area contributed by atoms with Crippen molar-refractivity contribution >= 4 is 21.9 Å². The number of halogens is 2. The molecule has 0 fully saturated rings. The predicted octanol–water partition coefficient (Wildman–Crippen LogP) is 3.47. The summed E-state index contributed by atoms with van der Waals surface area (Å²) in [6.07, 6.45) is 3.14. The highest BCUT2D eigenvalue weighted by atomic mass is 79.9. The molecule has 28 heavy (non-hydrogen) atoms.